The maximum absolute atomic E-state index is 6.22. The zero-order valence-corrected chi connectivity index (χ0v) is 13.3. The van der Waals surface area contributed by atoms with Crippen LogP contribution in [0.15, 0.2) is 12.1 Å². The molecule has 2 rings (SSSR count). The van der Waals surface area contributed by atoms with Crippen molar-refractivity contribution in [2.24, 2.45) is 5.73 Å². The molecule has 0 fully saturated rings. The molecule has 2 N–H and O–H groups in total. The summed E-state index contributed by atoms with van der Waals surface area (Å²) in [5, 5.41) is 0.452. The summed E-state index contributed by atoms with van der Waals surface area (Å²) in [5.41, 5.74) is 9.18. The average molecular weight is 308 g/mol. The smallest absolute Gasteiger partial charge is 0.179 e. The van der Waals surface area contributed by atoms with E-state index in [1.807, 2.05) is 13.8 Å². The molecule has 6 heteroatoms. The Bertz CT molecular complexity index is 651. The van der Waals surface area contributed by atoms with E-state index in [1.165, 1.54) is 0 Å². The molecule has 21 heavy (non-hydrogen) atoms. The van der Waals surface area contributed by atoms with Crippen LogP contribution in [0.4, 0.5) is 0 Å². The van der Waals surface area contributed by atoms with Crippen LogP contribution in [0.1, 0.15) is 17.0 Å². The van der Waals surface area contributed by atoms with Gasteiger partial charge in [-0.2, -0.15) is 0 Å². The van der Waals surface area contributed by atoms with Gasteiger partial charge in [0, 0.05) is 29.1 Å². The third-order valence-corrected chi connectivity index (χ3v) is 3.60. The SMILES string of the molecule is COc1cc(-c2nc(C)c(CN)c(C)n2)cc(Cl)c1OC. The van der Waals surface area contributed by atoms with E-state index >= 15 is 0 Å². The van der Waals surface area contributed by atoms with Gasteiger partial charge in [-0.05, 0) is 26.0 Å². The van der Waals surface area contributed by atoms with Gasteiger partial charge in [0.2, 0.25) is 0 Å². The number of rotatable bonds is 4. The van der Waals surface area contributed by atoms with E-state index in [0.29, 0.717) is 28.9 Å². The van der Waals surface area contributed by atoms with E-state index in [4.69, 9.17) is 26.8 Å². The monoisotopic (exact) mass is 307 g/mol. The predicted molar refractivity (Wildman–Crippen MR) is 82.9 cm³/mol. The Hall–Kier alpha value is -1.85. The Morgan fingerprint density at radius 1 is 1.10 bits per heavy atom. The van der Waals surface area contributed by atoms with Crippen LogP contribution < -0.4 is 15.2 Å². The van der Waals surface area contributed by atoms with Crippen LogP contribution in [0.25, 0.3) is 11.4 Å². The first-order valence-electron chi connectivity index (χ1n) is 6.47. The van der Waals surface area contributed by atoms with Crippen molar-refractivity contribution in [1.29, 1.82) is 0 Å². The first-order chi connectivity index (χ1) is 10.0. The first-order valence-corrected chi connectivity index (χ1v) is 6.85. The van der Waals surface area contributed by atoms with Gasteiger partial charge in [-0.25, -0.2) is 9.97 Å². The summed E-state index contributed by atoms with van der Waals surface area (Å²) in [6.07, 6.45) is 0. The highest BCUT2D eigenvalue weighted by Crippen LogP contribution is 2.38. The lowest BCUT2D eigenvalue weighted by atomic mass is 10.1. The van der Waals surface area contributed by atoms with Crippen LogP contribution in [0.3, 0.4) is 0 Å². The van der Waals surface area contributed by atoms with Gasteiger partial charge in [0.15, 0.2) is 17.3 Å². The maximum Gasteiger partial charge on any atom is 0.179 e. The summed E-state index contributed by atoms with van der Waals surface area (Å²) in [5.74, 6) is 1.63. The van der Waals surface area contributed by atoms with E-state index in [1.54, 1.807) is 26.4 Å². The maximum atomic E-state index is 6.22. The van der Waals surface area contributed by atoms with Gasteiger partial charge in [0.1, 0.15) is 0 Å². The zero-order chi connectivity index (χ0) is 15.6. The van der Waals surface area contributed by atoms with E-state index in [9.17, 15) is 0 Å². The topological polar surface area (TPSA) is 70.3 Å². The van der Waals surface area contributed by atoms with Gasteiger partial charge in [0.25, 0.3) is 0 Å². The van der Waals surface area contributed by atoms with E-state index in [2.05, 4.69) is 9.97 Å². The van der Waals surface area contributed by atoms with Crippen molar-refractivity contribution in [3.05, 3.63) is 34.1 Å². The molecule has 2 aromatic rings. The Morgan fingerprint density at radius 2 is 1.71 bits per heavy atom. The summed E-state index contributed by atoms with van der Waals surface area (Å²) >= 11 is 6.22. The van der Waals surface area contributed by atoms with Gasteiger partial charge < -0.3 is 15.2 Å². The minimum Gasteiger partial charge on any atom is -0.493 e. The van der Waals surface area contributed by atoms with Crippen LogP contribution in [-0.4, -0.2) is 24.2 Å². The highest BCUT2D eigenvalue weighted by atomic mass is 35.5. The summed E-state index contributed by atoms with van der Waals surface area (Å²) < 4.78 is 10.5. The molecule has 0 aliphatic carbocycles. The number of aryl methyl sites for hydroxylation is 2. The van der Waals surface area contributed by atoms with Crippen molar-refractivity contribution >= 4 is 11.6 Å². The molecule has 0 atom stereocenters. The first kappa shape index (κ1) is 15.5. The molecule has 0 bridgehead atoms. The summed E-state index contributed by atoms with van der Waals surface area (Å²) in [6.45, 7) is 4.26. The molecule has 1 aromatic carbocycles. The largest absolute Gasteiger partial charge is 0.493 e. The number of aromatic nitrogens is 2. The fraction of sp³-hybridized carbons (Fsp3) is 0.333. The second-order valence-corrected chi connectivity index (χ2v) is 5.00. The lowest BCUT2D eigenvalue weighted by Crippen LogP contribution is -2.07. The fourth-order valence-corrected chi connectivity index (χ4v) is 2.50. The molecule has 1 aromatic heterocycles. The average Bonchev–Trinajstić information content (AvgIpc) is 2.45. The second-order valence-electron chi connectivity index (χ2n) is 4.59. The third-order valence-electron chi connectivity index (χ3n) is 3.32. The number of ether oxygens (including phenoxy) is 2. The molecule has 0 saturated carbocycles. The summed E-state index contributed by atoms with van der Waals surface area (Å²) in [7, 11) is 3.11. The van der Waals surface area contributed by atoms with Crippen molar-refractivity contribution in [1.82, 2.24) is 9.97 Å². The van der Waals surface area contributed by atoms with Crippen molar-refractivity contribution in [2.75, 3.05) is 14.2 Å². The number of halogens is 1. The molecule has 0 spiro atoms. The second kappa shape index (κ2) is 6.28. The standard InChI is InChI=1S/C15H18ClN3O2/c1-8-11(7-17)9(2)19-15(18-8)10-5-12(16)14(21-4)13(6-10)20-3/h5-6H,7,17H2,1-4H3. The Labute approximate surface area is 129 Å². The van der Waals surface area contributed by atoms with Gasteiger partial charge >= 0.3 is 0 Å². The molecule has 1 heterocycles. The molecule has 5 nitrogen and oxygen atoms in total. The molecule has 112 valence electrons. The van der Waals surface area contributed by atoms with Crippen LogP contribution in [0.5, 0.6) is 11.5 Å². The van der Waals surface area contributed by atoms with Crippen LogP contribution in [0, 0.1) is 13.8 Å². The van der Waals surface area contributed by atoms with Gasteiger partial charge in [-0.3, -0.25) is 0 Å². The molecule has 0 saturated heterocycles. The lowest BCUT2D eigenvalue weighted by Gasteiger charge is -2.13. The number of nitrogens with two attached hydrogens (primary N) is 1. The minimum atomic E-state index is 0.421. The Kier molecular flexibility index (Phi) is 4.65. The summed E-state index contributed by atoms with van der Waals surface area (Å²) in [4.78, 5) is 9.00. The highest BCUT2D eigenvalue weighted by Gasteiger charge is 2.15. The molecular weight excluding hydrogens is 290 g/mol. The van der Waals surface area contributed by atoms with E-state index in [-0.39, 0.29) is 0 Å². The predicted octanol–water partition coefficient (Wildman–Crippen LogP) is 2.89. The van der Waals surface area contributed by atoms with Crippen LogP contribution in [-0.2, 0) is 6.54 Å². The van der Waals surface area contributed by atoms with E-state index < -0.39 is 0 Å². The van der Waals surface area contributed by atoms with E-state index in [0.717, 1.165) is 22.5 Å². The van der Waals surface area contributed by atoms with Crippen molar-refractivity contribution < 1.29 is 9.47 Å². The zero-order valence-electron chi connectivity index (χ0n) is 12.5. The van der Waals surface area contributed by atoms with Gasteiger partial charge in [-0.1, -0.05) is 11.6 Å². The lowest BCUT2D eigenvalue weighted by molar-refractivity contribution is 0.355. The quantitative estimate of drug-likeness (QED) is 0.940. The number of benzene rings is 1. The van der Waals surface area contributed by atoms with Gasteiger partial charge in [0.05, 0.1) is 19.2 Å². The number of methoxy groups -OCH3 is 2. The summed E-state index contributed by atoms with van der Waals surface area (Å²) in [6, 6.07) is 3.57. The van der Waals surface area contributed by atoms with Crippen molar-refractivity contribution in [2.45, 2.75) is 20.4 Å². The Balaban J connectivity index is 2.60. The normalized spacial score (nSPS) is 10.6. The van der Waals surface area contributed by atoms with Crippen molar-refractivity contribution in [3.8, 4) is 22.9 Å². The number of nitrogens with zero attached hydrogens (tertiary/aromatic N) is 2. The minimum absolute atomic E-state index is 0.421. The third kappa shape index (κ3) is 2.94. The Morgan fingerprint density at radius 3 is 2.19 bits per heavy atom. The molecule has 0 radical (unpaired) electrons. The number of hydrogen-bond acceptors (Lipinski definition) is 5. The van der Waals surface area contributed by atoms with Crippen LogP contribution in [0.2, 0.25) is 5.02 Å². The molecule has 0 unspecified atom stereocenters. The number of hydrogen-bond donors (Lipinski definition) is 1. The molecule has 0 amide bonds. The molecular formula is C15H18ClN3O2. The molecule has 0 aliphatic rings. The van der Waals surface area contributed by atoms with Gasteiger partial charge in [-0.15, -0.1) is 0 Å². The highest BCUT2D eigenvalue weighted by molar-refractivity contribution is 6.32. The van der Waals surface area contributed by atoms with Crippen LogP contribution >= 0.6 is 11.6 Å². The molecule has 0 aliphatic heterocycles. The fourth-order valence-electron chi connectivity index (χ4n) is 2.21. The van der Waals surface area contributed by atoms with Crippen molar-refractivity contribution in [3.63, 3.8) is 0 Å².